The van der Waals surface area contributed by atoms with Crippen LogP contribution in [0.5, 0.6) is 0 Å². The van der Waals surface area contributed by atoms with E-state index >= 15 is 0 Å². The zero-order valence-electron chi connectivity index (χ0n) is 22.8. The summed E-state index contributed by atoms with van der Waals surface area (Å²) in [6.45, 7) is 0. The second-order valence-corrected chi connectivity index (χ2v) is 10.3. The van der Waals surface area contributed by atoms with E-state index in [0.29, 0.717) is 0 Å². The third-order valence-electron chi connectivity index (χ3n) is 7.87. The number of hydrogen-bond donors (Lipinski definition) is 0. The Morgan fingerprint density at radius 1 is 0.452 bits per heavy atom. The first kappa shape index (κ1) is 24.1. The van der Waals surface area contributed by atoms with Crippen molar-refractivity contribution in [2.24, 2.45) is 0 Å². The van der Waals surface area contributed by atoms with Gasteiger partial charge in [0.05, 0.1) is 22.4 Å². The fourth-order valence-corrected chi connectivity index (χ4v) is 5.98. The van der Waals surface area contributed by atoms with E-state index in [1.807, 2.05) is 18.5 Å². The number of nitrogens with zero attached hydrogens (tertiary/aromatic N) is 4. The largest absolute Gasteiger partial charge is 0.309 e. The molecular formula is C38H26N4. The molecule has 3 aromatic heterocycles. The summed E-state index contributed by atoms with van der Waals surface area (Å²) >= 11 is 0. The van der Waals surface area contributed by atoms with Gasteiger partial charge in [-0.1, -0.05) is 109 Å². The molecular weight excluding hydrogens is 512 g/mol. The van der Waals surface area contributed by atoms with Crippen LogP contribution in [0.1, 0.15) is 0 Å². The summed E-state index contributed by atoms with van der Waals surface area (Å²) in [4.78, 5) is 4.40. The Balaban J connectivity index is 1.36. The van der Waals surface area contributed by atoms with Gasteiger partial charge in [-0.2, -0.15) is 5.10 Å². The number of para-hydroxylation sites is 1. The molecule has 42 heavy (non-hydrogen) atoms. The van der Waals surface area contributed by atoms with Crippen molar-refractivity contribution in [3.63, 3.8) is 0 Å². The van der Waals surface area contributed by atoms with Crippen LogP contribution in [0.15, 0.2) is 158 Å². The minimum atomic E-state index is 0.958. The van der Waals surface area contributed by atoms with Crippen molar-refractivity contribution < 1.29 is 0 Å². The molecule has 0 saturated heterocycles. The first-order chi connectivity index (χ1) is 20.9. The summed E-state index contributed by atoms with van der Waals surface area (Å²) in [6.07, 6.45) is 3.81. The lowest BCUT2D eigenvalue weighted by Crippen LogP contribution is -2.01. The summed E-state index contributed by atoms with van der Waals surface area (Å²) in [6, 6.07) is 50.9. The summed E-state index contributed by atoms with van der Waals surface area (Å²) in [7, 11) is 0. The van der Waals surface area contributed by atoms with E-state index in [9.17, 15) is 0 Å². The minimum absolute atomic E-state index is 0.958. The topological polar surface area (TPSA) is 35.6 Å². The highest BCUT2D eigenvalue weighted by Crippen LogP contribution is 2.41. The number of aromatic nitrogens is 4. The van der Waals surface area contributed by atoms with E-state index < -0.39 is 0 Å². The van der Waals surface area contributed by atoms with Crippen LogP contribution in [0, 0.1) is 0 Å². The van der Waals surface area contributed by atoms with E-state index in [-0.39, 0.29) is 0 Å². The van der Waals surface area contributed by atoms with Crippen molar-refractivity contribution >= 4 is 21.8 Å². The van der Waals surface area contributed by atoms with Gasteiger partial charge in [0.25, 0.3) is 0 Å². The van der Waals surface area contributed by atoms with Crippen LogP contribution in [0.3, 0.4) is 0 Å². The number of rotatable bonds is 5. The Kier molecular flexibility index (Phi) is 5.75. The van der Waals surface area contributed by atoms with Crippen molar-refractivity contribution in [2.45, 2.75) is 0 Å². The van der Waals surface area contributed by atoms with E-state index in [1.165, 1.54) is 5.39 Å². The predicted octanol–water partition coefficient (Wildman–Crippen LogP) is 9.37. The lowest BCUT2D eigenvalue weighted by molar-refractivity contribution is 0.891. The SMILES string of the molecule is c1ccc(-c2nn(-c3ccc(-n4c5ccccc5c5cnccc54)cc3)c(-c3ccccc3)c2-c2ccccc2)cc1. The highest BCUT2D eigenvalue weighted by atomic mass is 15.3. The molecule has 0 aliphatic rings. The molecule has 0 bridgehead atoms. The number of hydrogen-bond acceptors (Lipinski definition) is 2. The third kappa shape index (κ3) is 3.93. The van der Waals surface area contributed by atoms with Gasteiger partial charge in [-0.3, -0.25) is 4.98 Å². The predicted molar refractivity (Wildman–Crippen MR) is 172 cm³/mol. The highest BCUT2D eigenvalue weighted by Gasteiger charge is 2.23. The number of pyridine rings is 1. The molecule has 0 aliphatic carbocycles. The molecule has 0 saturated carbocycles. The highest BCUT2D eigenvalue weighted by molar-refractivity contribution is 6.08. The molecule has 0 unspecified atom stereocenters. The number of fused-ring (bicyclic) bond motifs is 3. The molecule has 8 aromatic rings. The summed E-state index contributed by atoms with van der Waals surface area (Å²) in [5.74, 6) is 0. The maximum atomic E-state index is 5.30. The molecule has 0 aliphatic heterocycles. The zero-order chi connectivity index (χ0) is 27.9. The van der Waals surface area contributed by atoms with Crippen LogP contribution in [0.25, 0.3) is 66.8 Å². The van der Waals surface area contributed by atoms with Crippen molar-refractivity contribution in [1.29, 1.82) is 0 Å². The van der Waals surface area contributed by atoms with Gasteiger partial charge in [0, 0.05) is 45.5 Å². The monoisotopic (exact) mass is 538 g/mol. The standard InChI is InChI=1S/C38H26N4/c1-4-12-27(13-5-1)36-37(28-14-6-2-7-15-28)40-42(38(36)29-16-8-3-9-17-29)31-22-20-30(21-23-31)41-34-19-11-10-18-32(34)33-26-39-25-24-35(33)41/h1-26H. The molecule has 0 spiro atoms. The molecule has 0 fully saturated rings. The maximum Gasteiger partial charge on any atom is 0.101 e. The van der Waals surface area contributed by atoms with Crippen molar-refractivity contribution in [3.05, 3.63) is 158 Å². The molecule has 0 radical (unpaired) electrons. The van der Waals surface area contributed by atoms with Gasteiger partial charge in [-0.05, 0) is 42.0 Å². The molecule has 0 N–H and O–H groups in total. The Morgan fingerprint density at radius 2 is 1.02 bits per heavy atom. The van der Waals surface area contributed by atoms with Gasteiger partial charge in [0.1, 0.15) is 5.69 Å². The average molecular weight is 539 g/mol. The van der Waals surface area contributed by atoms with Crippen LogP contribution in [0.2, 0.25) is 0 Å². The molecule has 5 aromatic carbocycles. The minimum Gasteiger partial charge on any atom is -0.309 e. The van der Waals surface area contributed by atoms with E-state index in [2.05, 4.69) is 154 Å². The van der Waals surface area contributed by atoms with Crippen LogP contribution in [-0.4, -0.2) is 19.3 Å². The van der Waals surface area contributed by atoms with Crippen molar-refractivity contribution in [2.75, 3.05) is 0 Å². The molecule has 4 nitrogen and oxygen atoms in total. The average Bonchev–Trinajstić information content (AvgIpc) is 3.63. The zero-order valence-corrected chi connectivity index (χ0v) is 22.8. The second-order valence-electron chi connectivity index (χ2n) is 10.3. The van der Waals surface area contributed by atoms with E-state index in [1.54, 1.807) is 0 Å². The van der Waals surface area contributed by atoms with Crippen LogP contribution in [-0.2, 0) is 0 Å². The van der Waals surface area contributed by atoms with Crippen LogP contribution >= 0.6 is 0 Å². The van der Waals surface area contributed by atoms with Gasteiger partial charge >= 0.3 is 0 Å². The fourth-order valence-electron chi connectivity index (χ4n) is 5.98. The Labute approximate surface area is 243 Å². The Hall–Kier alpha value is -5.74. The molecule has 8 rings (SSSR count). The molecule has 198 valence electrons. The second kappa shape index (κ2) is 10.0. The summed E-state index contributed by atoms with van der Waals surface area (Å²) in [5, 5.41) is 7.64. The lowest BCUT2D eigenvalue weighted by Gasteiger charge is -2.12. The lowest BCUT2D eigenvalue weighted by atomic mass is 9.96. The van der Waals surface area contributed by atoms with Crippen LogP contribution in [0.4, 0.5) is 0 Å². The maximum absolute atomic E-state index is 5.30. The molecule has 4 heteroatoms. The van der Waals surface area contributed by atoms with Gasteiger partial charge < -0.3 is 4.57 Å². The first-order valence-corrected chi connectivity index (χ1v) is 14.1. The molecule has 0 amide bonds. The fraction of sp³-hybridized carbons (Fsp3) is 0. The summed E-state index contributed by atoms with van der Waals surface area (Å²) in [5.41, 5.74) is 10.9. The molecule has 0 atom stereocenters. The van der Waals surface area contributed by atoms with Gasteiger partial charge in [-0.15, -0.1) is 0 Å². The Morgan fingerprint density at radius 3 is 1.74 bits per heavy atom. The Bertz CT molecular complexity index is 2110. The first-order valence-electron chi connectivity index (χ1n) is 14.1. The van der Waals surface area contributed by atoms with Gasteiger partial charge in [0.15, 0.2) is 0 Å². The van der Waals surface area contributed by atoms with E-state index in [0.717, 1.165) is 61.4 Å². The number of benzene rings is 5. The third-order valence-corrected chi connectivity index (χ3v) is 7.87. The summed E-state index contributed by atoms with van der Waals surface area (Å²) < 4.78 is 4.40. The van der Waals surface area contributed by atoms with Crippen molar-refractivity contribution in [1.82, 2.24) is 19.3 Å². The van der Waals surface area contributed by atoms with E-state index in [4.69, 9.17) is 5.10 Å². The molecule has 3 heterocycles. The van der Waals surface area contributed by atoms with Crippen molar-refractivity contribution in [3.8, 4) is 45.0 Å². The van der Waals surface area contributed by atoms with Gasteiger partial charge in [0.2, 0.25) is 0 Å². The van der Waals surface area contributed by atoms with Crippen LogP contribution < -0.4 is 0 Å². The smallest absolute Gasteiger partial charge is 0.101 e. The quantitative estimate of drug-likeness (QED) is 0.219. The normalized spacial score (nSPS) is 11.3. The van der Waals surface area contributed by atoms with Gasteiger partial charge in [-0.25, -0.2) is 4.68 Å².